The van der Waals surface area contributed by atoms with E-state index in [4.69, 9.17) is 0 Å². The Kier molecular flexibility index (Phi) is 8.37. The molecule has 0 N–H and O–H groups in total. The van der Waals surface area contributed by atoms with Crippen LogP contribution in [0, 0.1) is 0 Å². The Morgan fingerprint density at radius 2 is 0.783 bits per heavy atom. The van der Waals surface area contributed by atoms with Gasteiger partial charge in [-0.1, -0.05) is 205 Å². The van der Waals surface area contributed by atoms with Gasteiger partial charge in [-0.25, -0.2) is 0 Å². The number of hydrogen-bond acceptors (Lipinski definition) is 0. The third kappa shape index (κ3) is 5.70. The molecule has 0 bridgehead atoms. The van der Waals surface area contributed by atoms with Crippen LogP contribution in [0.3, 0.4) is 0 Å². The summed E-state index contributed by atoms with van der Waals surface area (Å²) in [6.07, 6.45) is 10.00. The topological polar surface area (TPSA) is 0 Å². The smallest absolute Gasteiger partial charge is 0.0159 e. The van der Waals surface area contributed by atoms with Crippen molar-refractivity contribution in [3.05, 3.63) is 239 Å². The first kappa shape index (κ1) is 40.5. The van der Waals surface area contributed by atoms with Crippen molar-refractivity contribution in [2.45, 2.75) is 70.1 Å². The molecule has 0 aliphatic heterocycles. The molecule has 4 aliphatic rings. The van der Waals surface area contributed by atoms with Gasteiger partial charge in [-0.3, -0.25) is 0 Å². The van der Waals surface area contributed by atoms with Gasteiger partial charge in [-0.15, -0.1) is 0 Å². The molecule has 10 aromatic rings. The number of allylic oxidation sites excluding steroid dienone is 4. The van der Waals surface area contributed by atoms with Crippen molar-refractivity contribution in [1.29, 1.82) is 0 Å². The zero-order chi connectivity index (χ0) is 46.6. The molecular formula is C69H54. The zero-order valence-electron chi connectivity index (χ0n) is 40.3. The lowest BCUT2D eigenvalue weighted by Crippen LogP contribution is -2.15. The van der Waals surface area contributed by atoms with Gasteiger partial charge >= 0.3 is 0 Å². The van der Waals surface area contributed by atoms with Gasteiger partial charge in [0.05, 0.1) is 0 Å². The summed E-state index contributed by atoms with van der Waals surface area (Å²) in [5.74, 6) is 0.443. The molecule has 0 heterocycles. The second kappa shape index (κ2) is 14.3. The van der Waals surface area contributed by atoms with Crippen molar-refractivity contribution in [3.63, 3.8) is 0 Å². The van der Waals surface area contributed by atoms with Gasteiger partial charge in [0.25, 0.3) is 0 Å². The molecule has 0 heteroatoms. The Bertz CT molecular complexity index is 3950. The van der Waals surface area contributed by atoms with Crippen molar-refractivity contribution in [2.75, 3.05) is 0 Å². The third-order valence-electron chi connectivity index (χ3n) is 17.2. The Labute approximate surface area is 406 Å². The van der Waals surface area contributed by atoms with Crippen LogP contribution in [0.25, 0.3) is 99.1 Å². The summed E-state index contributed by atoms with van der Waals surface area (Å²) in [7, 11) is 0. The van der Waals surface area contributed by atoms with Gasteiger partial charge in [-0.05, 0) is 181 Å². The van der Waals surface area contributed by atoms with Crippen molar-refractivity contribution >= 4 is 32.3 Å². The molecule has 0 amide bonds. The van der Waals surface area contributed by atoms with Gasteiger partial charge in [0.2, 0.25) is 0 Å². The lowest BCUT2D eigenvalue weighted by Gasteiger charge is -2.25. The summed E-state index contributed by atoms with van der Waals surface area (Å²) >= 11 is 0. The quantitative estimate of drug-likeness (QED) is 0.155. The number of rotatable bonds is 4. The van der Waals surface area contributed by atoms with E-state index < -0.39 is 0 Å². The molecule has 0 saturated carbocycles. The standard InChI is InChI=1S/C69H54/c1-67(2)59-22-14-12-18-49(59)51-32-29-47(37-62(51)67)65-54-20-10-11-21-55(54)66(48-30-33-52-50-19-13-15-23-60(50)68(3,4)63(52)38-48)58-40-64-56(39-57(58)65)53-31-28-46(36-61(53)69(64,5)6)45-27-26-43-34-42(24-25-44(43)35-45)41-16-8-7-9-17-41/h7-16,18-41H,17H2,1-6H3. The lowest BCUT2D eigenvalue weighted by molar-refractivity contribution is 0.660. The fourth-order valence-electron chi connectivity index (χ4n) is 13.4. The normalized spacial score (nSPS) is 17.2. The summed E-state index contributed by atoms with van der Waals surface area (Å²) in [5.41, 5.74) is 25.1. The van der Waals surface area contributed by atoms with E-state index in [-0.39, 0.29) is 16.2 Å². The number of benzene rings is 10. The summed E-state index contributed by atoms with van der Waals surface area (Å²) in [5, 5.41) is 7.79. The first-order valence-electron chi connectivity index (χ1n) is 25.0. The minimum atomic E-state index is -0.226. The molecule has 330 valence electrons. The van der Waals surface area contributed by atoms with Crippen LogP contribution in [0.4, 0.5) is 0 Å². The maximum atomic E-state index is 2.60. The van der Waals surface area contributed by atoms with Crippen LogP contribution in [-0.2, 0) is 16.2 Å². The van der Waals surface area contributed by atoms with Crippen LogP contribution in [-0.4, -0.2) is 0 Å². The van der Waals surface area contributed by atoms with Crippen molar-refractivity contribution in [2.24, 2.45) is 0 Å². The highest BCUT2D eigenvalue weighted by atomic mass is 14.4. The van der Waals surface area contributed by atoms with E-state index in [0.29, 0.717) is 5.92 Å². The van der Waals surface area contributed by atoms with Crippen LogP contribution in [0.1, 0.15) is 92.8 Å². The monoisotopic (exact) mass is 882 g/mol. The van der Waals surface area contributed by atoms with Gasteiger partial charge in [0, 0.05) is 22.2 Å². The highest BCUT2D eigenvalue weighted by molar-refractivity contribution is 6.23. The Morgan fingerprint density at radius 1 is 0.333 bits per heavy atom. The summed E-state index contributed by atoms with van der Waals surface area (Å²) in [6, 6.07) is 68.4. The largest absolute Gasteiger partial charge is 0.0836 e. The van der Waals surface area contributed by atoms with E-state index in [1.54, 1.807) is 0 Å². The molecule has 69 heavy (non-hydrogen) atoms. The predicted octanol–water partition coefficient (Wildman–Crippen LogP) is 18.7. The average Bonchev–Trinajstić information content (AvgIpc) is 3.85. The molecule has 4 aliphatic carbocycles. The average molecular weight is 883 g/mol. The van der Waals surface area contributed by atoms with Crippen LogP contribution in [0.2, 0.25) is 0 Å². The highest BCUT2D eigenvalue weighted by Crippen LogP contribution is 2.57. The SMILES string of the molecule is CC1(C)c2ccccc2-c2ccc(-c3c4ccccc4c(-c4ccc5c(c4)C(C)(C)c4ccccc4-5)c4cc5c(cc34)-c3ccc(-c4ccc6cc(C7C=CC=CC7)ccc6c4)cc3C5(C)C)cc21. The fraction of sp³-hybridized carbons (Fsp3) is 0.159. The molecule has 0 spiro atoms. The molecule has 0 radical (unpaired) electrons. The van der Waals surface area contributed by atoms with E-state index in [1.165, 1.54) is 138 Å². The molecule has 0 aromatic heterocycles. The molecular weight excluding hydrogens is 829 g/mol. The second-order valence-electron chi connectivity index (χ2n) is 22.0. The lowest BCUT2D eigenvalue weighted by atomic mass is 9.77. The van der Waals surface area contributed by atoms with E-state index in [9.17, 15) is 0 Å². The second-order valence-corrected chi connectivity index (χ2v) is 22.0. The Hall–Kier alpha value is -7.54. The van der Waals surface area contributed by atoms with Crippen molar-refractivity contribution in [3.8, 4) is 66.8 Å². The van der Waals surface area contributed by atoms with E-state index in [0.717, 1.165) is 6.42 Å². The molecule has 10 aromatic carbocycles. The minimum absolute atomic E-state index is 0.108. The van der Waals surface area contributed by atoms with Crippen LogP contribution in [0.5, 0.6) is 0 Å². The Morgan fingerprint density at radius 3 is 1.39 bits per heavy atom. The molecule has 1 atom stereocenters. The van der Waals surface area contributed by atoms with Gasteiger partial charge in [-0.2, -0.15) is 0 Å². The van der Waals surface area contributed by atoms with Crippen LogP contribution >= 0.6 is 0 Å². The van der Waals surface area contributed by atoms with E-state index in [2.05, 4.69) is 242 Å². The Balaban J connectivity index is 0.982. The summed E-state index contributed by atoms with van der Waals surface area (Å²) in [6.45, 7) is 14.5. The summed E-state index contributed by atoms with van der Waals surface area (Å²) < 4.78 is 0. The van der Waals surface area contributed by atoms with Crippen molar-refractivity contribution < 1.29 is 0 Å². The zero-order valence-corrected chi connectivity index (χ0v) is 40.3. The maximum Gasteiger partial charge on any atom is 0.0159 e. The fourth-order valence-corrected chi connectivity index (χ4v) is 13.4. The van der Waals surface area contributed by atoms with Crippen molar-refractivity contribution in [1.82, 2.24) is 0 Å². The predicted molar refractivity (Wildman–Crippen MR) is 294 cm³/mol. The highest BCUT2D eigenvalue weighted by Gasteiger charge is 2.39. The maximum absolute atomic E-state index is 2.60. The van der Waals surface area contributed by atoms with E-state index in [1.807, 2.05) is 0 Å². The van der Waals surface area contributed by atoms with Crippen LogP contribution < -0.4 is 0 Å². The number of hydrogen-bond donors (Lipinski definition) is 0. The third-order valence-corrected chi connectivity index (χ3v) is 17.2. The van der Waals surface area contributed by atoms with Gasteiger partial charge in [0.1, 0.15) is 0 Å². The van der Waals surface area contributed by atoms with Crippen LogP contribution in [0.15, 0.2) is 200 Å². The van der Waals surface area contributed by atoms with E-state index >= 15 is 0 Å². The first-order valence-corrected chi connectivity index (χ1v) is 25.0. The molecule has 1 unspecified atom stereocenters. The first-order chi connectivity index (χ1) is 33.5. The molecule has 0 saturated heterocycles. The van der Waals surface area contributed by atoms with Gasteiger partial charge in [0.15, 0.2) is 0 Å². The number of fused-ring (bicyclic) bond motifs is 12. The summed E-state index contributed by atoms with van der Waals surface area (Å²) in [4.78, 5) is 0. The molecule has 0 fully saturated rings. The minimum Gasteiger partial charge on any atom is -0.0836 e. The molecule has 14 rings (SSSR count). The van der Waals surface area contributed by atoms with Gasteiger partial charge < -0.3 is 0 Å². The molecule has 0 nitrogen and oxygen atoms in total.